The molecule has 1 unspecified atom stereocenters. The fraction of sp³-hybridized carbons (Fsp3) is 0.471. The molecule has 1 aliphatic heterocycles. The molecule has 128 valence electrons. The lowest BCUT2D eigenvalue weighted by atomic mass is 10.1. The molecular formula is C17H20N2O5. The van der Waals surface area contributed by atoms with Crippen LogP contribution in [0.4, 0.5) is 5.69 Å². The molecule has 7 nitrogen and oxygen atoms in total. The Hall–Kier alpha value is -2.57. The van der Waals surface area contributed by atoms with Crippen LogP contribution in [0.15, 0.2) is 24.3 Å². The number of para-hydroxylation sites is 2. The van der Waals surface area contributed by atoms with Crippen LogP contribution in [0.2, 0.25) is 0 Å². The zero-order chi connectivity index (χ0) is 17.1. The Morgan fingerprint density at radius 1 is 1.33 bits per heavy atom. The first-order valence-corrected chi connectivity index (χ1v) is 8.09. The SMILES string of the molecule is O=C(CCN1C(=O)COc2ccccc21)NC(CC1CC1)C(=O)O. The van der Waals surface area contributed by atoms with Crippen LogP contribution in [-0.2, 0) is 14.4 Å². The molecule has 1 aromatic rings. The number of fused-ring (bicyclic) bond motifs is 1. The Bertz CT molecular complexity index is 656. The Labute approximate surface area is 139 Å². The van der Waals surface area contributed by atoms with Crippen LogP contribution in [0.1, 0.15) is 25.7 Å². The molecule has 1 atom stereocenters. The van der Waals surface area contributed by atoms with Crippen molar-refractivity contribution in [2.75, 3.05) is 18.1 Å². The maximum Gasteiger partial charge on any atom is 0.326 e. The summed E-state index contributed by atoms with van der Waals surface area (Å²) in [7, 11) is 0. The number of carbonyl (C=O) groups excluding carboxylic acids is 2. The summed E-state index contributed by atoms with van der Waals surface area (Å²) in [6.45, 7) is 0.138. The van der Waals surface area contributed by atoms with Crippen LogP contribution in [0.25, 0.3) is 0 Å². The Morgan fingerprint density at radius 2 is 2.08 bits per heavy atom. The Balaban J connectivity index is 1.57. The van der Waals surface area contributed by atoms with Crippen LogP contribution in [0, 0.1) is 5.92 Å². The van der Waals surface area contributed by atoms with Gasteiger partial charge in [0, 0.05) is 13.0 Å². The molecule has 24 heavy (non-hydrogen) atoms. The summed E-state index contributed by atoms with van der Waals surface area (Å²) in [6.07, 6.45) is 2.58. The summed E-state index contributed by atoms with van der Waals surface area (Å²) in [5, 5.41) is 11.8. The molecule has 0 saturated heterocycles. The van der Waals surface area contributed by atoms with Crippen LogP contribution in [0.5, 0.6) is 5.75 Å². The first-order valence-electron chi connectivity index (χ1n) is 8.09. The second kappa shape index (κ2) is 6.90. The standard InChI is InChI=1S/C17H20N2O5/c20-15(18-12(17(22)23)9-11-5-6-11)7-8-19-13-3-1-2-4-14(13)24-10-16(19)21/h1-4,11-12H,5-10H2,(H,18,20)(H,22,23). The first kappa shape index (κ1) is 16.3. The summed E-state index contributed by atoms with van der Waals surface area (Å²) >= 11 is 0. The summed E-state index contributed by atoms with van der Waals surface area (Å²) in [5.41, 5.74) is 0.634. The highest BCUT2D eigenvalue weighted by Crippen LogP contribution is 2.34. The van der Waals surface area contributed by atoms with Gasteiger partial charge in [-0.3, -0.25) is 9.59 Å². The van der Waals surface area contributed by atoms with Crippen molar-refractivity contribution in [2.45, 2.75) is 31.7 Å². The number of carboxylic acid groups (broad SMARTS) is 1. The van der Waals surface area contributed by atoms with Gasteiger partial charge in [0.1, 0.15) is 11.8 Å². The molecule has 0 bridgehead atoms. The fourth-order valence-electron chi connectivity index (χ4n) is 2.79. The Kier molecular flexibility index (Phi) is 4.69. The lowest BCUT2D eigenvalue weighted by Gasteiger charge is -2.29. The van der Waals surface area contributed by atoms with Gasteiger partial charge in [0.25, 0.3) is 5.91 Å². The third-order valence-corrected chi connectivity index (χ3v) is 4.27. The van der Waals surface area contributed by atoms with Gasteiger partial charge in [-0.05, 0) is 24.5 Å². The maximum absolute atomic E-state index is 12.1. The molecule has 0 spiro atoms. The molecule has 1 heterocycles. The highest BCUT2D eigenvalue weighted by atomic mass is 16.5. The number of rotatable bonds is 7. The normalized spacial score (nSPS) is 17.7. The summed E-state index contributed by atoms with van der Waals surface area (Å²) < 4.78 is 5.35. The van der Waals surface area contributed by atoms with Gasteiger partial charge < -0.3 is 20.1 Å². The number of benzene rings is 1. The number of amides is 2. The van der Waals surface area contributed by atoms with Crippen molar-refractivity contribution in [3.63, 3.8) is 0 Å². The van der Waals surface area contributed by atoms with E-state index in [1.165, 1.54) is 4.90 Å². The van der Waals surface area contributed by atoms with E-state index in [0.717, 1.165) is 12.8 Å². The van der Waals surface area contributed by atoms with E-state index in [1.807, 2.05) is 6.07 Å². The Morgan fingerprint density at radius 3 is 2.79 bits per heavy atom. The number of nitrogens with one attached hydrogen (secondary N) is 1. The number of anilines is 1. The highest BCUT2D eigenvalue weighted by Gasteiger charge is 2.31. The molecule has 2 N–H and O–H groups in total. The van der Waals surface area contributed by atoms with Gasteiger partial charge in [0.05, 0.1) is 5.69 Å². The second-order valence-electron chi connectivity index (χ2n) is 6.19. The maximum atomic E-state index is 12.1. The fourth-order valence-corrected chi connectivity index (χ4v) is 2.79. The van der Waals surface area contributed by atoms with Gasteiger partial charge >= 0.3 is 5.97 Å². The summed E-state index contributed by atoms with van der Waals surface area (Å²) in [5.74, 6) is -0.578. The quantitative estimate of drug-likeness (QED) is 0.781. The smallest absolute Gasteiger partial charge is 0.326 e. The number of carboxylic acids is 1. The minimum absolute atomic E-state index is 0.0501. The third kappa shape index (κ3) is 3.84. The van der Waals surface area contributed by atoms with Gasteiger partial charge in [-0.2, -0.15) is 0 Å². The molecule has 2 aliphatic rings. The molecule has 0 aromatic heterocycles. The van der Waals surface area contributed by atoms with Crippen molar-refractivity contribution >= 4 is 23.5 Å². The van der Waals surface area contributed by atoms with Gasteiger partial charge in [-0.15, -0.1) is 0 Å². The van der Waals surface area contributed by atoms with Gasteiger partial charge in [-0.25, -0.2) is 4.79 Å². The van der Waals surface area contributed by atoms with Crippen molar-refractivity contribution in [3.8, 4) is 5.75 Å². The average molecular weight is 332 g/mol. The van der Waals surface area contributed by atoms with Crippen LogP contribution in [-0.4, -0.2) is 42.1 Å². The van der Waals surface area contributed by atoms with Crippen molar-refractivity contribution in [2.24, 2.45) is 5.92 Å². The zero-order valence-electron chi connectivity index (χ0n) is 13.2. The molecule has 2 amide bonds. The van der Waals surface area contributed by atoms with Crippen molar-refractivity contribution in [1.29, 1.82) is 0 Å². The molecular weight excluding hydrogens is 312 g/mol. The van der Waals surface area contributed by atoms with Crippen molar-refractivity contribution in [3.05, 3.63) is 24.3 Å². The largest absolute Gasteiger partial charge is 0.482 e. The van der Waals surface area contributed by atoms with Crippen LogP contribution >= 0.6 is 0 Å². The number of ether oxygens (including phenoxy) is 1. The predicted molar refractivity (Wildman–Crippen MR) is 85.8 cm³/mol. The van der Waals surface area contributed by atoms with Gasteiger partial charge in [0.2, 0.25) is 5.91 Å². The monoisotopic (exact) mass is 332 g/mol. The predicted octanol–water partition coefficient (Wildman–Crippen LogP) is 1.17. The summed E-state index contributed by atoms with van der Waals surface area (Å²) in [4.78, 5) is 36.8. The van der Waals surface area contributed by atoms with E-state index in [0.29, 0.717) is 23.8 Å². The van der Waals surface area contributed by atoms with E-state index in [4.69, 9.17) is 4.74 Å². The summed E-state index contributed by atoms with van der Waals surface area (Å²) in [6, 6.07) is 6.29. The topological polar surface area (TPSA) is 95.9 Å². The number of nitrogens with zero attached hydrogens (tertiary/aromatic N) is 1. The first-order chi connectivity index (χ1) is 11.5. The van der Waals surface area contributed by atoms with E-state index in [2.05, 4.69) is 5.32 Å². The van der Waals surface area contributed by atoms with Gasteiger partial charge in [-0.1, -0.05) is 25.0 Å². The molecule has 1 fully saturated rings. The van der Waals surface area contributed by atoms with Crippen LogP contribution in [0.3, 0.4) is 0 Å². The van der Waals surface area contributed by atoms with E-state index in [-0.39, 0.29) is 31.4 Å². The molecule has 1 saturated carbocycles. The van der Waals surface area contributed by atoms with Gasteiger partial charge in [0.15, 0.2) is 6.61 Å². The minimum Gasteiger partial charge on any atom is -0.482 e. The number of hydrogen-bond donors (Lipinski definition) is 2. The zero-order valence-corrected chi connectivity index (χ0v) is 13.2. The van der Waals surface area contributed by atoms with Crippen molar-refractivity contribution in [1.82, 2.24) is 5.32 Å². The average Bonchev–Trinajstić information content (AvgIpc) is 3.37. The molecule has 1 aromatic carbocycles. The van der Waals surface area contributed by atoms with Crippen molar-refractivity contribution < 1.29 is 24.2 Å². The molecule has 0 radical (unpaired) electrons. The van der Waals surface area contributed by atoms with E-state index >= 15 is 0 Å². The lowest BCUT2D eigenvalue weighted by Crippen LogP contribution is -2.44. The van der Waals surface area contributed by atoms with E-state index in [1.54, 1.807) is 18.2 Å². The number of aliphatic carboxylic acids is 1. The van der Waals surface area contributed by atoms with E-state index in [9.17, 15) is 19.5 Å². The molecule has 7 heteroatoms. The van der Waals surface area contributed by atoms with Crippen LogP contribution < -0.4 is 15.0 Å². The number of carbonyl (C=O) groups is 3. The lowest BCUT2D eigenvalue weighted by molar-refractivity contribution is -0.142. The second-order valence-corrected chi connectivity index (χ2v) is 6.19. The molecule has 3 rings (SSSR count). The highest BCUT2D eigenvalue weighted by molar-refractivity contribution is 5.98. The van der Waals surface area contributed by atoms with E-state index < -0.39 is 12.0 Å². The number of hydrogen-bond acceptors (Lipinski definition) is 4. The minimum atomic E-state index is -1.01. The third-order valence-electron chi connectivity index (χ3n) is 4.27. The molecule has 1 aliphatic carbocycles.